The molecule has 2 rings (SSSR count). The van der Waals surface area contributed by atoms with E-state index in [1.165, 1.54) is 0 Å². The third kappa shape index (κ3) is 1.94. The summed E-state index contributed by atoms with van der Waals surface area (Å²) in [4.78, 5) is 12.4. The van der Waals surface area contributed by atoms with E-state index in [0.29, 0.717) is 0 Å². The van der Waals surface area contributed by atoms with Crippen LogP contribution in [-0.4, -0.2) is 80.1 Å². The van der Waals surface area contributed by atoms with Gasteiger partial charge in [0.05, 0.1) is 6.61 Å². The molecule has 18 heavy (non-hydrogen) atoms. The number of hydrogen-bond acceptors (Lipinski definition) is 7. The second-order valence-electron chi connectivity index (χ2n) is 4.34. The van der Waals surface area contributed by atoms with E-state index in [4.69, 9.17) is 9.84 Å². The number of rotatable bonds is 2. The van der Waals surface area contributed by atoms with Gasteiger partial charge in [0.25, 0.3) is 5.91 Å². The Morgan fingerprint density at radius 3 is 2.61 bits per heavy atom. The zero-order valence-electron chi connectivity index (χ0n) is 9.43. The minimum atomic E-state index is -2.42. The van der Waals surface area contributed by atoms with Crippen LogP contribution in [0.1, 0.15) is 6.42 Å². The van der Waals surface area contributed by atoms with Crippen molar-refractivity contribution in [2.45, 2.75) is 36.9 Å². The molecule has 0 aliphatic carbocycles. The molecule has 0 aromatic carbocycles. The summed E-state index contributed by atoms with van der Waals surface area (Å²) in [5.74, 6) is -2.42. The van der Waals surface area contributed by atoms with Crippen molar-refractivity contribution < 1.29 is 35.1 Å². The number of aliphatic hydroxyl groups is 5. The smallest absolute Gasteiger partial charge is 0.323 e. The molecule has 0 aromatic rings. The number of carbonyl (C=O) groups is 1. The third-order valence-corrected chi connectivity index (χ3v) is 3.14. The molecule has 0 saturated carbocycles. The Labute approximate surface area is 102 Å². The molecule has 2 aliphatic rings. The fraction of sp³-hybridized carbons (Fsp3) is 0.889. The normalized spacial score (nSPS) is 45.2. The largest absolute Gasteiger partial charge is 0.394 e. The van der Waals surface area contributed by atoms with Crippen molar-refractivity contribution >= 4 is 6.03 Å². The first kappa shape index (κ1) is 13.5. The Morgan fingerprint density at radius 1 is 1.44 bits per heavy atom. The maximum Gasteiger partial charge on any atom is 0.323 e. The molecule has 2 heterocycles. The zero-order valence-corrected chi connectivity index (χ0v) is 9.43. The second-order valence-corrected chi connectivity index (χ2v) is 4.34. The molecule has 2 saturated heterocycles. The highest BCUT2D eigenvalue weighted by Gasteiger charge is 2.58. The fourth-order valence-electron chi connectivity index (χ4n) is 2.11. The molecule has 1 unspecified atom stereocenters. The van der Waals surface area contributed by atoms with Crippen LogP contribution >= 0.6 is 0 Å². The van der Waals surface area contributed by atoms with Crippen LogP contribution in [0.2, 0.25) is 0 Å². The lowest BCUT2D eigenvalue weighted by Crippen LogP contribution is -2.65. The minimum Gasteiger partial charge on any atom is -0.394 e. The van der Waals surface area contributed by atoms with Gasteiger partial charge in [-0.2, -0.15) is 0 Å². The maximum atomic E-state index is 11.6. The molecule has 0 spiro atoms. The summed E-state index contributed by atoms with van der Waals surface area (Å²) in [5, 5.41) is 49.7. The van der Waals surface area contributed by atoms with Crippen molar-refractivity contribution in [3.05, 3.63) is 0 Å². The van der Waals surface area contributed by atoms with Gasteiger partial charge >= 0.3 is 6.03 Å². The Bertz CT molecular complexity index is 341. The van der Waals surface area contributed by atoms with Crippen LogP contribution in [0.15, 0.2) is 0 Å². The lowest BCUT2D eigenvalue weighted by atomic mass is 10.1. The Kier molecular flexibility index (Phi) is 3.45. The van der Waals surface area contributed by atoms with E-state index in [2.05, 4.69) is 5.32 Å². The number of aliphatic hydroxyl groups excluding tert-OH is 4. The van der Waals surface area contributed by atoms with E-state index in [1.807, 2.05) is 0 Å². The van der Waals surface area contributed by atoms with Gasteiger partial charge in [0.2, 0.25) is 0 Å². The van der Waals surface area contributed by atoms with Gasteiger partial charge in [-0.05, 0) is 0 Å². The molecule has 104 valence electrons. The Hall–Kier alpha value is -0.970. The van der Waals surface area contributed by atoms with Gasteiger partial charge in [0.15, 0.2) is 6.10 Å². The van der Waals surface area contributed by atoms with Gasteiger partial charge in [-0.25, -0.2) is 4.79 Å². The molecular formula is C9H16N2O7. The predicted molar refractivity (Wildman–Crippen MR) is 54.8 cm³/mol. The van der Waals surface area contributed by atoms with Crippen LogP contribution in [0.5, 0.6) is 0 Å². The second kappa shape index (κ2) is 4.61. The van der Waals surface area contributed by atoms with Crippen molar-refractivity contribution in [2.75, 3.05) is 13.2 Å². The van der Waals surface area contributed by atoms with Gasteiger partial charge in [-0.3, -0.25) is 4.90 Å². The summed E-state index contributed by atoms with van der Waals surface area (Å²) in [6.45, 7) is -0.677. The van der Waals surface area contributed by atoms with E-state index in [-0.39, 0.29) is 13.0 Å². The number of urea groups is 1. The number of nitrogens with one attached hydrogen (secondary N) is 1. The molecule has 2 aliphatic heterocycles. The first-order valence-electron chi connectivity index (χ1n) is 5.53. The molecular weight excluding hydrogens is 248 g/mol. The molecule has 2 fully saturated rings. The highest BCUT2D eigenvalue weighted by Crippen LogP contribution is 2.33. The standard InChI is InChI=1S/C9H16N2O7/c12-3-4-6(14)7(15)9(17,18-4)11-2-1-5(13)10-8(11)16/h4-7,12-15,17H,1-3H2,(H,10,16)/t4-,5?,6-,7-,9+/m1/s1. The molecule has 0 aromatic heterocycles. The van der Waals surface area contributed by atoms with E-state index >= 15 is 0 Å². The SMILES string of the molecule is O=C1NC(O)CCN1[C@@]1(O)O[C@H](CO)[C@@H](O)[C@H]1O. The molecule has 0 radical (unpaired) electrons. The molecule has 0 bridgehead atoms. The molecule has 5 atom stereocenters. The zero-order chi connectivity index (χ0) is 13.5. The molecule has 9 heteroatoms. The number of amides is 2. The summed E-state index contributed by atoms with van der Waals surface area (Å²) >= 11 is 0. The highest BCUT2D eigenvalue weighted by atomic mass is 16.7. The summed E-state index contributed by atoms with van der Waals surface area (Å²) < 4.78 is 4.96. The van der Waals surface area contributed by atoms with Crippen LogP contribution < -0.4 is 5.32 Å². The molecule has 2 amide bonds. The first-order chi connectivity index (χ1) is 8.40. The van der Waals surface area contributed by atoms with Gasteiger partial charge in [0.1, 0.15) is 18.4 Å². The fourth-order valence-corrected chi connectivity index (χ4v) is 2.11. The topological polar surface area (TPSA) is 143 Å². The maximum absolute atomic E-state index is 11.6. The monoisotopic (exact) mass is 264 g/mol. The third-order valence-electron chi connectivity index (χ3n) is 3.14. The average Bonchev–Trinajstić information content (AvgIpc) is 2.54. The van der Waals surface area contributed by atoms with Crippen LogP contribution in [0.25, 0.3) is 0 Å². The van der Waals surface area contributed by atoms with Crippen molar-refractivity contribution in [1.82, 2.24) is 10.2 Å². The minimum absolute atomic E-state index is 0.0641. The number of nitrogens with zero attached hydrogens (tertiary/aromatic N) is 1. The Balaban J connectivity index is 2.18. The van der Waals surface area contributed by atoms with Crippen molar-refractivity contribution in [2.24, 2.45) is 0 Å². The van der Waals surface area contributed by atoms with Crippen molar-refractivity contribution in [1.29, 1.82) is 0 Å². The van der Waals surface area contributed by atoms with E-state index in [1.54, 1.807) is 0 Å². The van der Waals surface area contributed by atoms with Crippen LogP contribution in [0.3, 0.4) is 0 Å². The summed E-state index contributed by atoms with van der Waals surface area (Å²) in [5.41, 5.74) is 0. The summed E-state index contributed by atoms with van der Waals surface area (Å²) in [6.07, 6.45) is -5.38. The number of hydrogen-bond donors (Lipinski definition) is 6. The number of ether oxygens (including phenoxy) is 1. The predicted octanol–water partition coefficient (Wildman–Crippen LogP) is -3.52. The van der Waals surface area contributed by atoms with Crippen molar-refractivity contribution in [3.63, 3.8) is 0 Å². The van der Waals surface area contributed by atoms with Gasteiger partial charge in [-0.1, -0.05) is 0 Å². The van der Waals surface area contributed by atoms with Crippen molar-refractivity contribution in [3.8, 4) is 0 Å². The van der Waals surface area contributed by atoms with Crippen LogP contribution in [0.4, 0.5) is 4.79 Å². The van der Waals surface area contributed by atoms with Gasteiger partial charge in [-0.15, -0.1) is 0 Å². The lowest BCUT2D eigenvalue weighted by molar-refractivity contribution is -0.300. The van der Waals surface area contributed by atoms with Gasteiger partial charge < -0.3 is 35.6 Å². The Morgan fingerprint density at radius 2 is 2.11 bits per heavy atom. The quantitative estimate of drug-likeness (QED) is 0.303. The van der Waals surface area contributed by atoms with Gasteiger partial charge in [0, 0.05) is 13.0 Å². The van der Waals surface area contributed by atoms with Crippen LogP contribution in [0, 0.1) is 0 Å². The molecule has 9 nitrogen and oxygen atoms in total. The van der Waals surface area contributed by atoms with E-state index in [9.17, 15) is 25.2 Å². The summed E-state index contributed by atoms with van der Waals surface area (Å²) in [7, 11) is 0. The van der Waals surface area contributed by atoms with E-state index in [0.717, 1.165) is 4.90 Å². The number of carbonyl (C=O) groups excluding carboxylic acids is 1. The average molecular weight is 264 g/mol. The lowest BCUT2D eigenvalue weighted by Gasteiger charge is -2.41. The van der Waals surface area contributed by atoms with E-state index < -0.39 is 43.1 Å². The van der Waals surface area contributed by atoms with Crippen LogP contribution in [-0.2, 0) is 4.74 Å². The summed E-state index contributed by atoms with van der Waals surface area (Å²) in [6, 6.07) is -0.832. The molecule has 6 N–H and O–H groups in total. The highest BCUT2D eigenvalue weighted by molar-refractivity contribution is 5.75. The first-order valence-corrected chi connectivity index (χ1v) is 5.53.